The molecule has 1 aliphatic heterocycles. The van der Waals surface area contributed by atoms with Gasteiger partial charge in [-0.25, -0.2) is 4.98 Å². The molecule has 100 valence electrons. The Hall–Kier alpha value is -1.36. The Morgan fingerprint density at radius 1 is 1.50 bits per heavy atom. The van der Waals surface area contributed by atoms with Crippen molar-refractivity contribution in [3.63, 3.8) is 0 Å². The molecule has 2 N–H and O–H groups in total. The highest BCUT2D eigenvalue weighted by molar-refractivity contribution is 5.76. The van der Waals surface area contributed by atoms with Gasteiger partial charge in [0.15, 0.2) is 0 Å². The molecule has 0 aromatic carbocycles. The molecule has 1 saturated heterocycles. The summed E-state index contributed by atoms with van der Waals surface area (Å²) in [6.45, 7) is 2.81. The van der Waals surface area contributed by atoms with Crippen molar-refractivity contribution >= 4 is 5.91 Å². The lowest BCUT2D eigenvalue weighted by atomic mass is 10.1. The van der Waals surface area contributed by atoms with Crippen molar-refractivity contribution in [3.05, 3.63) is 18.7 Å². The van der Waals surface area contributed by atoms with Crippen LogP contribution in [0.25, 0.3) is 0 Å². The highest BCUT2D eigenvalue weighted by Crippen LogP contribution is 2.08. The van der Waals surface area contributed by atoms with Crippen LogP contribution >= 0.6 is 0 Å². The fourth-order valence-corrected chi connectivity index (χ4v) is 2.29. The summed E-state index contributed by atoms with van der Waals surface area (Å²) in [4.78, 5) is 15.6. The van der Waals surface area contributed by atoms with Crippen LogP contribution in [0.3, 0.4) is 0 Å². The van der Waals surface area contributed by atoms with E-state index in [-0.39, 0.29) is 5.91 Å². The van der Waals surface area contributed by atoms with Crippen LogP contribution in [-0.4, -0.2) is 34.6 Å². The molecule has 0 saturated carbocycles. The molecule has 1 fully saturated rings. The molecule has 1 unspecified atom stereocenters. The average molecular weight is 250 g/mol. The summed E-state index contributed by atoms with van der Waals surface area (Å²) in [6, 6.07) is 0.399. The van der Waals surface area contributed by atoms with Crippen LogP contribution in [0.5, 0.6) is 0 Å². The van der Waals surface area contributed by atoms with Gasteiger partial charge in [0, 0.05) is 37.9 Å². The molecule has 1 aromatic heterocycles. The highest BCUT2D eigenvalue weighted by Gasteiger charge is 2.16. The quantitative estimate of drug-likeness (QED) is 0.708. The van der Waals surface area contributed by atoms with E-state index < -0.39 is 0 Å². The Kier molecular flexibility index (Phi) is 5.20. The van der Waals surface area contributed by atoms with Crippen molar-refractivity contribution in [1.29, 1.82) is 0 Å². The van der Waals surface area contributed by atoms with Crippen LogP contribution in [0.4, 0.5) is 0 Å². The maximum absolute atomic E-state index is 11.6. The zero-order valence-corrected chi connectivity index (χ0v) is 10.8. The largest absolute Gasteiger partial charge is 0.356 e. The molecule has 5 heteroatoms. The van der Waals surface area contributed by atoms with Gasteiger partial charge < -0.3 is 15.2 Å². The lowest BCUT2D eigenvalue weighted by Gasteiger charge is -2.10. The minimum absolute atomic E-state index is 0.178. The number of rotatable bonds is 7. The molecule has 2 heterocycles. The third-order valence-electron chi connectivity index (χ3n) is 3.32. The van der Waals surface area contributed by atoms with Gasteiger partial charge in [-0.3, -0.25) is 4.79 Å². The monoisotopic (exact) mass is 250 g/mol. The Morgan fingerprint density at radius 3 is 3.17 bits per heavy atom. The van der Waals surface area contributed by atoms with Gasteiger partial charge in [0.1, 0.15) is 0 Å². The van der Waals surface area contributed by atoms with Gasteiger partial charge >= 0.3 is 0 Å². The van der Waals surface area contributed by atoms with E-state index in [0.717, 1.165) is 38.9 Å². The maximum atomic E-state index is 11.6. The number of aromatic nitrogens is 2. The fourth-order valence-electron chi connectivity index (χ4n) is 2.29. The number of amides is 1. The van der Waals surface area contributed by atoms with Crippen molar-refractivity contribution < 1.29 is 4.79 Å². The Labute approximate surface area is 108 Å². The van der Waals surface area contributed by atoms with Crippen LogP contribution in [0, 0.1) is 0 Å². The SMILES string of the molecule is O=C(CC1CCCN1)NCCCCn1ccnc1. The molecular formula is C13H22N4O. The van der Waals surface area contributed by atoms with E-state index in [9.17, 15) is 4.79 Å². The minimum Gasteiger partial charge on any atom is -0.356 e. The molecule has 0 spiro atoms. The van der Waals surface area contributed by atoms with Gasteiger partial charge in [-0.2, -0.15) is 0 Å². The second-order valence-electron chi connectivity index (χ2n) is 4.85. The molecule has 18 heavy (non-hydrogen) atoms. The summed E-state index contributed by atoms with van der Waals surface area (Å²) in [5, 5.41) is 6.32. The second kappa shape index (κ2) is 7.16. The van der Waals surface area contributed by atoms with Crippen LogP contribution in [-0.2, 0) is 11.3 Å². The number of carbonyl (C=O) groups is 1. The first-order chi connectivity index (χ1) is 8.84. The number of carbonyl (C=O) groups excluding carboxylic acids is 1. The summed E-state index contributed by atoms with van der Waals surface area (Å²) in [7, 11) is 0. The van der Waals surface area contributed by atoms with Crippen LogP contribution < -0.4 is 10.6 Å². The van der Waals surface area contributed by atoms with Crippen molar-refractivity contribution in [2.45, 2.75) is 44.7 Å². The first kappa shape index (κ1) is 13.1. The van der Waals surface area contributed by atoms with Gasteiger partial charge in [0.2, 0.25) is 5.91 Å². The number of aryl methyl sites for hydroxylation is 1. The van der Waals surface area contributed by atoms with E-state index in [1.165, 1.54) is 6.42 Å². The molecule has 0 radical (unpaired) electrons. The lowest BCUT2D eigenvalue weighted by Crippen LogP contribution is -2.32. The Morgan fingerprint density at radius 2 is 2.44 bits per heavy atom. The third kappa shape index (κ3) is 4.49. The van der Waals surface area contributed by atoms with Crippen LogP contribution in [0.2, 0.25) is 0 Å². The topological polar surface area (TPSA) is 59.0 Å². The fraction of sp³-hybridized carbons (Fsp3) is 0.692. The van der Waals surface area contributed by atoms with Crippen LogP contribution in [0.1, 0.15) is 32.1 Å². The maximum Gasteiger partial charge on any atom is 0.221 e. The molecule has 1 atom stereocenters. The number of hydrogen-bond acceptors (Lipinski definition) is 3. The van der Waals surface area contributed by atoms with Gasteiger partial charge in [-0.1, -0.05) is 0 Å². The number of hydrogen-bond donors (Lipinski definition) is 2. The summed E-state index contributed by atoms with van der Waals surface area (Å²) in [5.41, 5.74) is 0. The van der Waals surface area contributed by atoms with Gasteiger partial charge in [-0.05, 0) is 32.2 Å². The molecule has 2 rings (SSSR count). The lowest BCUT2D eigenvalue weighted by molar-refractivity contribution is -0.121. The molecule has 0 aliphatic carbocycles. The second-order valence-corrected chi connectivity index (χ2v) is 4.85. The molecule has 5 nitrogen and oxygen atoms in total. The van der Waals surface area contributed by atoms with Gasteiger partial charge in [0.05, 0.1) is 6.33 Å². The first-order valence-electron chi connectivity index (χ1n) is 6.80. The molecule has 1 aliphatic rings. The summed E-state index contributed by atoms with van der Waals surface area (Å²) < 4.78 is 2.06. The van der Waals surface area contributed by atoms with Crippen molar-refractivity contribution in [2.24, 2.45) is 0 Å². The smallest absolute Gasteiger partial charge is 0.221 e. The highest BCUT2D eigenvalue weighted by atomic mass is 16.1. The van der Waals surface area contributed by atoms with Gasteiger partial charge in [-0.15, -0.1) is 0 Å². The predicted molar refractivity (Wildman–Crippen MR) is 70.1 cm³/mol. The molecule has 1 aromatic rings. The number of nitrogens with one attached hydrogen (secondary N) is 2. The van der Waals surface area contributed by atoms with E-state index >= 15 is 0 Å². The number of imidazole rings is 1. The van der Waals surface area contributed by atoms with E-state index in [4.69, 9.17) is 0 Å². The van der Waals surface area contributed by atoms with Crippen molar-refractivity contribution in [1.82, 2.24) is 20.2 Å². The summed E-state index contributed by atoms with van der Waals surface area (Å²) >= 11 is 0. The van der Waals surface area contributed by atoms with E-state index in [0.29, 0.717) is 12.5 Å². The predicted octanol–water partition coefficient (Wildman–Crippen LogP) is 0.922. The van der Waals surface area contributed by atoms with Crippen LogP contribution in [0.15, 0.2) is 18.7 Å². The van der Waals surface area contributed by atoms with E-state index in [1.807, 2.05) is 12.5 Å². The van der Waals surface area contributed by atoms with Crippen molar-refractivity contribution in [2.75, 3.05) is 13.1 Å². The Balaban J connectivity index is 1.48. The molecule has 1 amide bonds. The van der Waals surface area contributed by atoms with Gasteiger partial charge in [0.25, 0.3) is 0 Å². The molecule has 0 bridgehead atoms. The number of unbranched alkanes of at least 4 members (excludes halogenated alkanes) is 1. The zero-order valence-electron chi connectivity index (χ0n) is 10.8. The molecular weight excluding hydrogens is 228 g/mol. The standard InChI is InChI=1S/C13H22N4O/c18-13(10-12-4-3-6-15-12)16-5-1-2-8-17-9-7-14-11-17/h7,9,11-12,15H,1-6,8,10H2,(H,16,18). The average Bonchev–Trinajstić information content (AvgIpc) is 3.01. The summed E-state index contributed by atoms with van der Waals surface area (Å²) in [6.07, 6.45) is 10.6. The third-order valence-corrected chi connectivity index (χ3v) is 3.32. The number of nitrogens with zero attached hydrogens (tertiary/aromatic N) is 2. The van der Waals surface area contributed by atoms with E-state index in [2.05, 4.69) is 20.2 Å². The first-order valence-corrected chi connectivity index (χ1v) is 6.80. The normalized spacial score (nSPS) is 19.0. The summed E-state index contributed by atoms with van der Waals surface area (Å²) in [5.74, 6) is 0.178. The minimum atomic E-state index is 0.178. The van der Waals surface area contributed by atoms with Crippen molar-refractivity contribution in [3.8, 4) is 0 Å². The zero-order chi connectivity index (χ0) is 12.6. The Bertz CT molecular complexity index is 344. The van der Waals surface area contributed by atoms with E-state index in [1.54, 1.807) is 6.20 Å².